The van der Waals surface area contributed by atoms with Gasteiger partial charge in [0.05, 0.1) is 34.2 Å². The highest BCUT2D eigenvalue weighted by atomic mass is 35.5. The highest BCUT2D eigenvalue weighted by Gasteiger charge is 2.51. The molecule has 2 saturated heterocycles. The molecule has 6 rings (SSSR count). The summed E-state index contributed by atoms with van der Waals surface area (Å²) in [5.41, 5.74) is 2.18. The van der Waals surface area contributed by atoms with Crippen LogP contribution in [0, 0.1) is 5.82 Å². The molecule has 2 aliphatic heterocycles. The number of aromatic nitrogens is 3. The van der Waals surface area contributed by atoms with Gasteiger partial charge in [0.15, 0.2) is 11.5 Å². The third kappa shape index (κ3) is 4.83. The van der Waals surface area contributed by atoms with Gasteiger partial charge in [-0.05, 0) is 55.3 Å². The van der Waals surface area contributed by atoms with Crippen molar-refractivity contribution in [3.05, 3.63) is 88.5 Å². The smallest absolute Gasteiger partial charge is 0.274 e. The molecule has 1 amide bonds. The quantitative estimate of drug-likeness (QED) is 0.289. The van der Waals surface area contributed by atoms with Crippen LogP contribution in [0.1, 0.15) is 29.8 Å². The molecule has 0 unspecified atom stereocenters. The van der Waals surface area contributed by atoms with E-state index >= 15 is 0 Å². The lowest BCUT2D eigenvalue weighted by Crippen LogP contribution is -2.57. The number of halogens is 3. The zero-order valence-corrected chi connectivity index (χ0v) is 23.7. The number of amides is 1. The third-order valence-corrected chi connectivity index (χ3v) is 8.52. The number of benzene rings is 2. The normalized spacial score (nSPS) is 16.4. The molecule has 0 saturated carbocycles. The van der Waals surface area contributed by atoms with E-state index in [2.05, 4.69) is 10.1 Å². The minimum atomic E-state index is -0.797. The lowest BCUT2D eigenvalue weighted by molar-refractivity contribution is -0.123. The fourth-order valence-electron chi connectivity index (χ4n) is 5.84. The lowest BCUT2D eigenvalue weighted by atomic mass is 9.83. The van der Waals surface area contributed by atoms with Crippen LogP contribution < -0.4 is 9.64 Å². The van der Waals surface area contributed by atoms with E-state index in [9.17, 15) is 14.0 Å². The van der Waals surface area contributed by atoms with Crippen molar-refractivity contribution < 1.29 is 18.7 Å². The van der Waals surface area contributed by atoms with Crippen LogP contribution in [0.3, 0.4) is 0 Å². The van der Waals surface area contributed by atoms with Crippen molar-refractivity contribution in [3.8, 4) is 22.7 Å². The average Bonchev–Trinajstić information content (AvgIpc) is 3.56. The summed E-state index contributed by atoms with van der Waals surface area (Å²) in [4.78, 5) is 34.8. The van der Waals surface area contributed by atoms with E-state index in [1.165, 1.54) is 19.2 Å². The number of carbonyl (C=O) groups excluding carboxylic acids is 2. The number of nitrogens with zero attached hydrogens (tertiary/aromatic N) is 5. The molecule has 41 heavy (non-hydrogen) atoms. The van der Waals surface area contributed by atoms with E-state index in [-0.39, 0.29) is 23.2 Å². The van der Waals surface area contributed by atoms with Crippen molar-refractivity contribution in [2.45, 2.75) is 24.8 Å². The van der Waals surface area contributed by atoms with Gasteiger partial charge in [-0.2, -0.15) is 5.10 Å². The molecular formula is C30H26Cl2FN5O3. The summed E-state index contributed by atoms with van der Waals surface area (Å²) in [7, 11) is 1.54. The van der Waals surface area contributed by atoms with Crippen LogP contribution in [0.15, 0.2) is 67.0 Å². The average molecular weight is 594 g/mol. The summed E-state index contributed by atoms with van der Waals surface area (Å²) < 4.78 is 20.5. The van der Waals surface area contributed by atoms with Crippen molar-refractivity contribution in [1.29, 1.82) is 0 Å². The van der Waals surface area contributed by atoms with Crippen LogP contribution in [-0.2, 0) is 4.79 Å². The van der Waals surface area contributed by atoms with Crippen LogP contribution in [0.5, 0.6) is 5.75 Å². The Labute approximate surface area is 246 Å². The Hall–Kier alpha value is -3.95. The van der Waals surface area contributed by atoms with Gasteiger partial charge in [0, 0.05) is 56.1 Å². The monoisotopic (exact) mass is 593 g/mol. The number of methoxy groups -OCH3 is 1. The standard InChI is InChI=1S/C30H26Cl2FN5O3/c1-41-22-16-23(31)28(24(32)17-22)37-13-8-27(39)30(37)9-14-36(15-10-30)29(40)25-18-26(19-6-11-34-12-7-19)38(35-25)21-4-2-20(33)3-5-21/h2-7,11-12,16-18H,8-10,13-15H2,1H3. The summed E-state index contributed by atoms with van der Waals surface area (Å²) >= 11 is 13.2. The Balaban J connectivity index is 1.27. The van der Waals surface area contributed by atoms with Crippen LogP contribution in [-0.4, -0.2) is 63.6 Å². The third-order valence-electron chi connectivity index (χ3n) is 7.95. The van der Waals surface area contributed by atoms with Crippen LogP contribution in [0.2, 0.25) is 10.0 Å². The van der Waals surface area contributed by atoms with E-state index in [4.69, 9.17) is 27.9 Å². The summed E-state index contributed by atoms with van der Waals surface area (Å²) in [6.45, 7) is 1.22. The first-order chi connectivity index (χ1) is 19.8. The molecule has 4 heterocycles. The molecule has 8 nitrogen and oxygen atoms in total. The van der Waals surface area contributed by atoms with Crippen LogP contribution in [0.4, 0.5) is 10.1 Å². The molecule has 2 aromatic carbocycles. The number of carbonyl (C=O) groups is 2. The van der Waals surface area contributed by atoms with Gasteiger partial charge in [-0.3, -0.25) is 14.6 Å². The van der Waals surface area contributed by atoms with E-state index in [1.54, 1.807) is 52.3 Å². The van der Waals surface area contributed by atoms with Crippen molar-refractivity contribution in [1.82, 2.24) is 19.7 Å². The maximum Gasteiger partial charge on any atom is 0.274 e. The molecule has 0 N–H and O–H groups in total. The molecule has 11 heteroatoms. The Morgan fingerprint density at radius 3 is 2.27 bits per heavy atom. The summed E-state index contributed by atoms with van der Waals surface area (Å²) in [5.74, 6) is 0.0502. The van der Waals surface area contributed by atoms with Gasteiger partial charge >= 0.3 is 0 Å². The van der Waals surface area contributed by atoms with Crippen molar-refractivity contribution >= 4 is 40.6 Å². The summed E-state index contributed by atoms with van der Waals surface area (Å²) in [5, 5.41) is 5.45. The number of piperidine rings is 1. The minimum absolute atomic E-state index is 0.119. The van der Waals surface area contributed by atoms with Crippen molar-refractivity contribution in [3.63, 3.8) is 0 Å². The number of ether oxygens (including phenoxy) is 1. The van der Waals surface area contributed by atoms with Gasteiger partial charge < -0.3 is 14.5 Å². The molecule has 4 aromatic rings. The molecule has 2 fully saturated rings. The first-order valence-electron chi connectivity index (χ1n) is 13.2. The Morgan fingerprint density at radius 1 is 0.976 bits per heavy atom. The second-order valence-electron chi connectivity index (χ2n) is 10.1. The fourth-order valence-corrected chi connectivity index (χ4v) is 6.51. The predicted molar refractivity (Wildman–Crippen MR) is 155 cm³/mol. The molecule has 0 bridgehead atoms. The number of hydrogen-bond donors (Lipinski definition) is 0. The van der Waals surface area contributed by atoms with Gasteiger partial charge in [-0.15, -0.1) is 0 Å². The predicted octanol–water partition coefficient (Wildman–Crippen LogP) is 5.84. The second kappa shape index (κ2) is 10.8. The molecule has 2 aliphatic rings. The molecular weight excluding hydrogens is 568 g/mol. The molecule has 0 atom stereocenters. The second-order valence-corrected chi connectivity index (χ2v) is 10.9. The highest BCUT2D eigenvalue weighted by Crippen LogP contribution is 2.46. The molecule has 0 radical (unpaired) electrons. The SMILES string of the molecule is COc1cc(Cl)c(N2CCC(=O)C23CCN(C(=O)c2cc(-c4ccncc4)n(-c4ccc(F)cc4)n2)CC3)c(Cl)c1. The van der Waals surface area contributed by atoms with E-state index in [0.717, 1.165) is 5.56 Å². The number of rotatable bonds is 5. The van der Waals surface area contributed by atoms with Gasteiger partial charge in [0.25, 0.3) is 5.91 Å². The lowest BCUT2D eigenvalue weighted by Gasteiger charge is -2.45. The molecule has 210 valence electrons. The largest absolute Gasteiger partial charge is 0.497 e. The first-order valence-corrected chi connectivity index (χ1v) is 14.0. The summed E-state index contributed by atoms with van der Waals surface area (Å²) in [6.07, 6.45) is 4.57. The maximum atomic E-state index is 13.7. The number of Topliss-reactive ketones (excluding diaryl/α,β-unsaturated/α-hetero) is 1. The molecule has 1 spiro atoms. The first kappa shape index (κ1) is 27.2. The van der Waals surface area contributed by atoms with Gasteiger partial charge in [-0.1, -0.05) is 23.2 Å². The number of anilines is 1. The van der Waals surface area contributed by atoms with Crippen molar-refractivity contribution in [2.24, 2.45) is 0 Å². The van der Waals surface area contributed by atoms with Gasteiger partial charge in [-0.25, -0.2) is 9.07 Å². The number of ketones is 1. The molecule has 2 aromatic heterocycles. The fraction of sp³-hybridized carbons (Fsp3) is 0.267. The van der Waals surface area contributed by atoms with Gasteiger partial charge in [0.1, 0.15) is 17.1 Å². The molecule has 0 aliphatic carbocycles. The van der Waals surface area contributed by atoms with Crippen LogP contribution in [0.25, 0.3) is 16.9 Å². The van der Waals surface area contributed by atoms with Gasteiger partial charge in [0.2, 0.25) is 0 Å². The van der Waals surface area contributed by atoms with E-state index in [0.29, 0.717) is 71.8 Å². The zero-order chi connectivity index (χ0) is 28.7. The van der Waals surface area contributed by atoms with E-state index < -0.39 is 5.54 Å². The van der Waals surface area contributed by atoms with E-state index in [1.807, 2.05) is 17.0 Å². The Kier molecular flexibility index (Phi) is 7.17. The maximum absolute atomic E-state index is 13.7. The minimum Gasteiger partial charge on any atom is -0.497 e. The van der Waals surface area contributed by atoms with Crippen molar-refractivity contribution in [2.75, 3.05) is 31.6 Å². The van der Waals surface area contributed by atoms with Crippen LogP contribution >= 0.6 is 23.2 Å². The number of pyridine rings is 1. The highest BCUT2D eigenvalue weighted by molar-refractivity contribution is 6.39. The number of likely N-dealkylation sites (tertiary alicyclic amines) is 1. The Morgan fingerprint density at radius 2 is 1.63 bits per heavy atom. The number of hydrogen-bond acceptors (Lipinski definition) is 6. The Bertz CT molecular complexity index is 1600. The summed E-state index contributed by atoms with van der Waals surface area (Å²) in [6, 6.07) is 14.7. The topological polar surface area (TPSA) is 80.6 Å². The zero-order valence-electron chi connectivity index (χ0n) is 22.2.